The van der Waals surface area contributed by atoms with E-state index in [1.165, 1.54) is 4.68 Å². The maximum absolute atomic E-state index is 5.59. The zero-order valence-corrected chi connectivity index (χ0v) is 8.10. The molecule has 0 spiro atoms. The lowest BCUT2D eigenvalue weighted by atomic mass is 10.2. The van der Waals surface area contributed by atoms with E-state index in [0.717, 1.165) is 11.3 Å². The number of pyridine rings is 1. The molecular weight excluding hydrogens is 178 g/mol. The van der Waals surface area contributed by atoms with Crippen LogP contribution in [0.25, 0.3) is 11.5 Å². The zero-order valence-electron chi connectivity index (χ0n) is 8.10. The molecule has 2 rings (SSSR count). The van der Waals surface area contributed by atoms with Gasteiger partial charge in [0.05, 0.1) is 0 Å². The highest BCUT2D eigenvalue weighted by Gasteiger charge is 2.09. The van der Waals surface area contributed by atoms with Gasteiger partial charge >= 0.3 is 0 Å². The lowest BCUT2D eigenvalue weighted by Gasteiger charge is -1.97. The Hall–Kier alpha value is -1.91. The zero-order chi connectivity index (χ0) is 10.1. The molecule has 0 radical (unpaired) electrons. The summed E-state index contributed by atoms with van der Waals surface area (Å²) >= 11 is 0. The molecule has 0 unspecified atom stereocenters. The molecular formula is C9H11N5. The number of rotatable bonds is 1. The number of nitrogens with two attached hydrogens (primary N) is 1. The van der Waals surface area contributed by atoms with Gasteiger partial charge in [0.1, 0.15) is 5.69 Å². The fourth-order valence-electron chi connectivity index (χ4n) is 1.22. The number of aromatic nitrogens is 4. The van der Waals surface area contributed by atoms with Gasteiger partial charge in [-0.3, -0.25) is 4.98 Å². The fraction of sp³-hybridized carbons (Fsp3) is 0.222. The Morgan fingerprint density at radius 1 is 1.43 bits per heavy atom. The highest BCUT2D eigenvalue weighted by atomic mass is 15.4. The van der Waals surface area contributed by atoms with Crippen molar-refractivity contribution in [2.75, 3.05) is 5.73 Å². The van der Waals surface area contributed by atoms with E-state index in [2.05, 4.69) is 15.1 Å². The smallest absolute Gasteiger partial charge is 0.218 e. The van der Waals surface area contributed by atoms with Gasteiger partial charge in [-0.05, 0) is 18.6 Å². The largest absolute Gasteiger partial charge is 0.368 e. The second kappa shape index (κ2) is 3.10. The minimum atomic E-state index is 0.394. The molecule has 0 amide bonds. The summed E-state index contributed by atoms with van der Waals surface area (Å²) in [5, 5.41) is 4.16. The van der Waals surface area contributed by atoms with Crippen LogP contribution in [0.4, 0.5) is 5.95 Å². The number of hydrogen-bond donors (Lipinski definition) is 1. The van der Waals surface area contributed by atoms with E-state index in [4.69, 9.17) is 5.73 Å². The van der Waals surface area contributed by atoms with Gasteiger partial charge < -0.3 is 5.73 Å². The summed E-state index contributed by atoms with van der Waals surface area (Å²) in [6.45, 7) is 1.97. The van der Waals surface area contributed by atoms with Gasteiger partial charge in [0, 0.05) is 13.2 Å². The summed E-state index contributed by atoms with van der Waals surface area (Å²) in [6, 6.07) is 3.85. The van der Waals surface area contributed by atoms with E-state index in [9.17, 15) is 0 Å². The highest BCUT2D eigenvalue weighted by molar-refractivity contribution is 5.54. The molecule has 5 heteroatoms. The number of anilines is 1. The van der Waals surface area contributed by atoms with Gasteiger partial charge in [0.25, 0.3) is 0 Å². The topological polar surface area (TPSA) is 69.6 Å². The van der Waals surface area contributed by atoms with Gasteiger partial charge in [-0.25, -0.2) is 4.68 Å². The Morgan fingerprint density at radius 2 is 2.21 bits per heavy atom. The van der Waals surface area contributed by atoms with Crippen molar-refractivity contribution < 1.29 is 0 Å². The van der Waals surface area contributed by atoms with Gasteiger partial charge in [-0.2, -0.15) is 4.98 Å². The molecule has 0 bridgehead atoms. The van der Waals surface area contributed by atoms with Crippen molar-refractivity contribution in [3.63, 3.8) is 0 Å². The molecule has 14 heavy (non-hydrogen) atoms. The van der Waals surface area contributed by atoms with Crippen molar-refractivity contribution in [3.05, 3.63) is 23.9 Å². The Bertz CT molecular complexity index is 440. The third-order valence-electron chi connectivity index (χ3n) is 2.02. The van der Waals surface area contributed by atoms with Crippen LogP contribution in [0.3, 0.4) is 0 Å². The Kier molecular flexibility index (Phi) is 1.92. The van der Waals surface area contributed by atoms with Crippen LogP contribution >= 0.6 is 0 Å². The number of nitrogens with zero attached hydrogens (tertiary/aromatic N) is 4. The molecule has 0 saturated heterocycles. The van der Waals surface area contributed by atoms with Crippen molar-refractivity contribution in [3.8, 4) is 11.5 Å². The van der Waals surface area contributed by atoms with Crippen molar-refractivity contribution in [1.29, 1.82) is 0 Å². The average Bonchev–Trinajstić information content (AvgIpc) is 2.48. The third kappa shape index (κ3) is 1.32. The molecule has 0 atom stereocenters. The van der Waals surface area contributed by atoms with Crippen molar-refractivity contribution >= 4 is 5.95 Å². The summed E-state index contributed by atoms with van der Waals surface area (Å²) in [7, 11) is 1.75. The summed E-state index contributed by atoms with van der Waals surface area (Å²) in [4.78, 5) is 8.32. The van der Waals surface area contributed by atoms with E-state index < -0.39 is 0 Å². The minimum Gasteiger partial charge on any atom is -0.368 e. The molecule has 0 aliphatic rings. The van der Waals surface area contributed by atoms with Gasteiger partial charge in [0.15, 0.2) is 0 Å². The summed E-state index contributed by atoms with van der Waals surface area (Å²) < 4.78 is 1.53. The molecule has 2 aromatic heterocycles. The standard InChI is InChI=1S/C9H11N5/c1-6-4-3-5-11-7(6)8-12-9(10)14(2)13-8/h3-5H,1-2H3,(H2,10,12,13). The van der Waals surface area contributed by atoms with E-state index >= 15 is 0 Å². The predicted molar refractivity (Wildman–Crippen MR) is 53.4 cm³/mol. The highest BCUT2D eigenvalue weighted by Crippen LogP contribution is 2.16. The SMILES string of the molecule is Cc1cccnc1-c1nc(N)n(C)n1. The average molecular weight is 189 g/mol. The Balaban J connectivity index is 2.55. The third-order valence-corrected chi connectivity index (χ3v) is 2.02. The van der Waals surface area contributed by atoms with Crippen LogP contribution in [-0.2, 0) is 7.05 Å². The fourth-order valence-corrected chi connectivity index (χ4v) is 1.22. The van der Waals surface area contributed by atoms with Crippen LogP contribution in [0.2, 0.25) is 0 Å². The maximum Gasteiger partial charge on any atom is 0.218 e. The monoisotopic (exact) mass is 189 g/mol. The molecule has 2 heterocycles. The van der Waals surface area contributed by atoms with Crippen LogP contribution < -0.4 is 5.73 Å². The van der Waals surface area contributed by atoms with Gasteiger partial charge in [-0.15, -0.1) is 5.10 Å². The predicted octanol–water partition coefficient (Wildman–Crippen LogP) is 0.768. The van der Waals surface area contributed by atoms with Crippen LogP contribution in [0.1, 0.15) is 5.56 Å². The minimum absolute atomic E-state index is 0.394. The first-order valence-corrected chi connectivity index (χ1v) is 4.27. The van der Waals surface area contributed by atoms with Crippen LogP contribution in [0.15, 0.2) is 18.3 Å². The maximum atomic E-state index is 5.59. The summed E-state index contributed by atoms with van der Waals surface area (Å²) in [6.07, 6.45) is 1.72. The van der Waals surface area contributed by atoms with E-state index in [-0.39, 0.29) is 0 Å². The van der Waals surface area contributed by atoms with Crippen molar-refractivity contribution in [2.24, 2.45) is 7.05 Å². The van der Waals surface area contributed by atoms with E-state index in [1.54, 1.807) is 13.2 Å². The molecule has 2 aromatic rings. The first kappa shape index (κ1) is 8.68. The molecule has 5 nitrogen and oxygen atoms in total. The van der Waals surface area contributed by atoms with Gasteiger partial charge in [-0.1, -0.05) is 6.07 Å². The first-order valence-electron chi connectivity index (χ1n) is 4.27. The molecule has 0 aliphatic heterocycles. The van der Waals surface area contributed by atoms with E-state index in [0.29, 0.717) is 11.8 Å². The molecule has 72 valence electrons. The summed E-state index contributed by atoms with van der Waals surface area (Å²) in [5.41, 5.74) is 7.41. The van der Waals surface area contributed by atoms with Crippen LogP contribution in [0.5, 0.6) is 0 Å². The van der Waals surface area contributed by atoms with Gasteiger partial charge in [0.2, 0.25) is 11.8 Å². The number of nitrogen functional groups attached to an aromatic ring is 1. The van der Waals surface area contributed by atoms with Crippen LogP contribution in [0, 0.1) is 6.92 Å². The normalized spacial score (nSPS) is 10.4. The quantitative estimate of drug-likeness (QED) is 0.719. The van der Waals surface area contributed by atoms with Crippen LogP contribution in [-0.4, -0.2) is 19.7 Å². The second-order valence-corrected chi connectivity index (χ2v) is 3.09. The summed E-state index contributed by atoms with van der Waals surface area (Å²) in [5.74, 6) is 0.966. The first-order chi connectivity index (χ1) is 6.68. The lowest BCUT2D eigenvalue weighted by Crippen LogP contribution is -1.97. The number of aryl methyl sites for hydroxylation is 2. The Morgan fingerprint density at radius 3 is 2.79 bits per heavy atom. The number of hydrogen-bond acceptors (Lipinski definition) is 4. The van der Waals surface area contributed by atoms with Crippen molar-refractivity contribution in [1.82, 2.24) is 19.7 Å². The molecule has 2 N–H and O–H groups in total. The molecule has 0 aliphatic carbocycles. The van der Waals surface area contributed by atoms with E-state index in [1.807, 2.05) is 19.1 Å². The second-order valence-electron chi connectivity index (χ2n) is 3.09. The Labute approximate surface area is 81.6 Å². The van der Waals surface area contributed by atoms with Crippen molar-refractivity contribution in [2.45, 2.75) is 6.92 Å². The molecule has 0 fully saturated rings. The molecule has 0 saturated carbocycles. The molecule has 0 aromatic carbocycles. The lowest BCUT2D eigenvalue weighted by molar-refractivity contribution is 0.779.